The first kappa shape index (κ1) is 12.8. The maximum absolute atomic E-state index is 3.46. The Kier molecular flexibility index (Phi) is 6.00. The molecule has 0 unspecified atom stereocenters. The number of rotatable bonds is 5. The van der Waals surface area contributed by atoms with Crippen LogP contribution in [-0.4, -0.2) is 13.1 Å². The minimum atomic E-state index is 0.865. The molecule has 1 N–H and O–H groups in total. The summed E-state index contributed by atoms with van der Waals surface area (Å²) in [5, 5.41) is 3.46. The predicted octanol–water partition coefficient (Wildman–Crippen LogP) is 3.76. The van der Waals surface area contributed by atoms with Gasteiger partial charge in [0.1, 0.15) is 0 Å². The third-order valence-electron chi connectivity index (χ3n) is 3.41. The van der Waals surface area contributed by atoms with Crippen molar-refractivity contribution >= 4 is 0 Å². The van der Waals surface area contributed by atoms with Gasteiger partial charge >= 0.3 is 0 Å². The quantitative estimate of drug-likeness (QED) is 0.537. The molecular formula is C14H27N. The van der Waals surface area contributed by atoms with Crippen molar-refractivity contribution in [2.45, 2.75) is 52.9 Å². The molecule has 0 atom stereocenters. The lowest BCUT2D eigenvalue weighted by Gasteiger charge is -2.24. The van der Waals surface area contributed by atoms with Gasteiger partial charge in [-0.25, -0.2) is 0 Å². The molecular weight excluding hydrogens is 182 g/mol. The van der Waals surface area contributed by atoms with E-state index in [4.69, 9.17) is 0 Å². The van der Waals surface area contributed by atoms with Crippen LogP contribution in [-0.2, 0) is 0 Å². The minimum absolute atomic E-state index is 0.865. The van der Waals surface area contributed by atoms with E-state index in [1.165, 1.54) is 37.7 Å². The van der Waals surface area contributed by atoms with Crippen molar-refractivity contribution in [2.24, 2.45) is 11.8 Å². The van der Waals surface area contributed by atoms with E-state index in [2.05, 4.69) is 32.2 Å². The van der Waals surface area contributed by atoms with E-state index in [-0.39, 0.29) is 0 Å². The largest absolute Gasteiger partial charge is 0.313 e. The number of nitrogens with one attached hydrogen (secondary N) is 1. The van der Waals surface area contributed by atoms with E-state index in [9.17, 15) is 0 Å². The third-order valence-corrected chi connectivity index (χ3v) is 3.41. The highest BCUT2D eigenvalue weighted by Gasteiger charge is 2.15. The van der Waals surface area contributed by atoms with Gasteiger partial charge in [0.05, 0.1) is 0 Å². The Morgan fingerprint density at radius 1 is 1.27 bits per heavy atom. The average molecular weight is 209 g/mol. The second kappa shape index (κ2) is 7.05. The molecule has 1 nitrogen and oxygen atoms in total. The van der Waals surface area contributed by atoms with Gasteiger partial charge in [0.15, 0.2) is 0 Å². The molecule has 1 rings (SSSR count). The molecule has 0 saturated heterocycles. The molecule has 0 aromatic carbocycles. The molecule has 15 heavy (non-hydrogen) atoms. The van der Waals surface area contributed by atoms with Gasteiger partial charge in [0.25, 0.3) is 0 Å². The molecule has 0 amide bonds. The van der Waals surface area contributed by atoms with E-state index in [0.29, 0.717) is 0 Å². The lowest BCUT2D eigenvalue weighted by atomic mass is 9.82. The molecule has 88 valence electrons. The van der Waals surface area contributed by atoms with Crippen LogP contribution in [0.5, 0.6) is 0 Å². The van der Waals surface area contributed by atoms with Crippen molar-refractivity contribution in [1.29, 1.82) is 0 Å². The first-order valence-corrected chi connectivity index (χ1v) is 6.60. The molecule has 0 spiro atoms. The molecule has 1 heteroatoms. The number of allylic oxidation sites excluding steroid dienone is 1. The van der Waals surface area contributed by atoms with Gasteiger partial charge in [0, 0.05) is 6.54 Å². The minimum Gasteiger partial charge on any atom is -0.313 e. The molecule has 1 aliphatic rings. The Morgan fingerprint density at radius 3 is 2.53 bits per heavy atom. The molecule has 1 aliphatic carbocycles. The molecule has 0 aromatic heterocycles. The summed E-state index contributed by atoms with van der Waals surface area (Å²) in [6, 6.07) is 0. The summed E-state index contributed by atoms with van der Waals surface area (Å²) in [6.07, 6.45) is 9.41. The smallest absolute Gasteiger partial charge is 0.0161 e. The van der Waals surface area contributed by atoms with Crippen molar-refractivity contribution in [3.63, 3.8) is 0 Å². The molecule has 0 bridgehead atoms. The summed E-state index contributed by atoms with van der Waals surface area (Å²) in [4.78, 5) is 0. The zero-order chi connectivity index (χ0) is 11.1. The number of hydrogen-bond acceptors (Lipinski definition) is 1. The lowest BCUT2D eigenvalue weighted by molar-refractivity contribution is 0.329. The Morgan fingerprint density at radius 2 is 1.93 bits per heavy atom. The normalized spacial score (nSPS) is 28.1. The van der Waals surface area contributed by atoms with Crippen molar-refractivity contribution in [1.82, 2.24) is 5.32 Å². The first-order valence-electron chi connectivity index (χ1n) is 6.60. The maximum atomic E-state index is 3.46. The highest BCUT2D eigenvalue weighted by molar-refractivity contribution is 5.03. The Hall–Kier alpha value is -0.300. The van der Waals surface area contributed by atoms with Gasteiger partial charge in [-0.15, -0.1) is 0 Å². The molecule has 0 aromatic rings. The monoisotopic (exact) mass is 209 g/mol. The highest BCUT2D eigenvalue weighted by Crippen LogP contribution is 2.29. The van der Waals surface area contributed by atoms with Gasteiger partial charge in [-0.2, -0.15) is 0 Å². The summed E-state index contributed by atoms with van der Waals surface area (Å²) in [5.74, 6) is 1.83. The second-order valence-corrected chi connectivity index (χ2v) is 5.21. The van der Waals surface area contributed by atoms with E-state index < -0.39 is 0 Å². The zero-order valence-corrected chi connectivity index (χ0v) is 10.7. The highest BCUT2D eigenvalue weighted by atomic mass is 14.8. The van der Waals surface area contributed by atoms with Crippen LogP contribution in [0.4, 0.5) is 0 Å². The lowest BCUT2D eigenvalue weighted by Crippen LogP contribution is -2.18. The van der Waals surface area contributed by atoms with Gasteiger partial charge < -0.3 is 5.32 Å². The van der Waals surface area contributed by atoms with Crippen LogP contribution in [0.3, 0.4) is 0 Å². The topological polar surface area (TPSA) is 12.0 Å². The van der Waals surface area contributed by atoms with Crippen molar-refractivity contribution < 1.29 is 0 Å². The molecule has 0 aliphatic heterocycles. The fourth-order valence-electron chi connectivity index (χ4n) is 2.38. The van der Waals surface area contributed by atoms with Crippen LogP contribution in [0.1, 0.15) is 52.9 Å². The van der Waals surface area contributed by atoms with Crippen molar-refractivity contribution in [3.8, 4) is 0 Å². The van der Waals surface area contributed by atoms with Gasteiger partial charge in [0.2, 0.25) is 0 Å². The predicted molar refractivity (Wildman–Crippen MR) is 68.0 cm³/mol. The van der Waals surface area contributed by atoms with Crippen molar-refractivity contribution in [3.05, 3.63) is 11.6 Å². The molecule has 1 fully saturated rings. The molecule has 0 radical (unpaired) electrons. The van der Waals surface area contributed by atoms with Crippen LogP contribution in [0, 0.1) is 11.8 Å². The number of hydrogen-bond donors (Lipinski definition) is 1. The Labute approximate surface area is 95.3 Å². The summed E-state index contributed by atoms with van der Waals surface area (Å²) in [7, 11) is 0. The van der Waals surface area contributed by atoms with E-state index in [0.717, 1.165) is 24.9 Å². The van der Waals surface area contributed by atoms with Crippen molar-refractivity contribution in [2.75, 3.05) is 13.1 Å². The van der Waals surface area contributed by atoms with Gasteiger partial charge in [-0.1, -0.05) is 38.3 Å². The van der Waals surface area contributed by atoms with Crippen LogP contribution in [0.25, 0.3) is 0 Å². The van der Waals surface area contributed by atoms with Crippen LogP contribution < -0.4 is 5.32 Å². The van der Waals surface area contributed by atoms with E-state index in [1.54, 1.807) is 0 Å². The van der Waals surface area contributed by atoms with Crippen LogP contribution in [0.15, 0.2) is 11.6 Å². The summed E-state index contributed by atoms with van der Waals surface area (Å²) in [6.45, 7) is 9.09. The average Bonchev–Trinajstić information content (AvgIpc) is 2.22. The SMILES string of the molecule is CCCNC/C(C)=C/C1CCC(C)CC1. The van der Waals surface area contributed by atoms with E-state index in [1.807, 2.05) is 0 Å². The van der Waals surface area contributed by atoms with Crippen LogP contribution in [0.2, 0.25) is 0 Å². The summed E-state index contributed by atoms with van der Waals surface area (Å²) < 4.78 is 0. The second-order valence-electron chi connectivity index (χ2n) is 5.21. The third kappa shape index (κ3) is 5.36. The van der Waals surface area contributed by atoms with E-state index >= 15 is 0 Å². The fraction of sp³-hybridized carbons (Fsp3) is 0.857. The van der Waals surface area contributed by atoms with Crippen LogP contribution >= 0.6 is 0 Å². The van der Waals surface area contributed by atoms with Gasteiger partial charge in [-0.05, 0) is 44.6 Å². The summed E-state index contributed by atoms with van der Waals surface area (Å²) in [5.41, 5.74) is 1.53. The zero-order valence-electron chi connectivity index (χ0n) is 10.7. The Balaban J connectivity index is 2.22. The first-order chi connectivity index (χ1) is 7.22. The maximum Gasteiger partial charge on any atom is 0.0161 e. The summed E-state index contributed by atoms with van der Waals surface area (Å²) >= 11 is 0. The molecule has 0 heterocycles. The standard InChI is InChI=1S/C14H27N/c1-4-9-15-11-13(3)10-14-7-5-12(2)6-8-14/h10,12,14-15H,4-9,11H2,1-3H3/b13-10+. The molecule has 1 saturated carbocycles. The fourth-order valence-corrected chi connectivity index (χ4v) is 2.38. The van der Waals surface area contributed by atoms with Gasteiger partial charge in [-0.3, -0.25) is 0 Å². The Bertz CT molecular complexity index is 188.